The maximum atomic E-state index is 13.7. The summed E-state index contributed by atoms with van der Waals surface area (Å²) in [5.74, 6) is -1.08. The van der Waals surface area contributed by atoms with Gasteiger partial charge in [-0.2, -0.15) is 0 Å². The average molecular weight is 510 g/mol. The Labute approximate surface area is 214 Å². The van der Waals surface area contributed by atoms with Crippen LogP contribution in [-0.4, -0.2) is 37.2 Å². The van der Waals surface area contributed by atoms with E-state index in [4.69, 9.17) is 27.9 Å². The Bertz CT molecular complexity index is 1260. The van der Waals surface area contributed by atoms with Crippen LogP contribution in [0.2, 0.25) is 0 Å². The number of ether oxygens (including phenoxy) is 1. The summed E-state index contributed by atoms with van der Waals surface area (Å²) in [4.78, 5) is 41.1. The van der Waals surface area contributed by atoms with E-state index < -0.39 is 11.4 Å². The summed E-state index contributed by atoms with van der Waals surface area (Å²) in [7, 11) is 2.94. The van der Waals surface area contributed by atoms with Gasteiger partial charge >= 0.3 is 5.97 Å². The molecule has 0 spiro atoms. The van der Waals surface area contributed by atoms with E-state index in [9.17, 15) is 14.4 Å². The fourth-order valence-corrected chi connectivity index (χ4v) is 4.43. The van der Waals surface area contributed by atoms with Crippen LogP contribution < -0.4 is 4.90 Å². The summed E-state index contributed by atoms with van der Waals surface area (Å²) in [6.45, 7) is 3.99. The largest absolute Gasteiger partial charge is 0.466 e. The highest BCUT2D eigenvalue weighted by Gasteiger charge is 2.54. The number of nitrogens with zero attached hydrogens (tertiary/aromatic N) is 1. The Kier molecular flexibility index (Phi) is 8.49. The molecule has 4 rings (SSSR count). The molecule has 0 bridgehead atoms. The molecule has 0 unspecified atom stereocenters. The number of para-hydroxylation sites is 1. The zero-order chi connectivity index (χ0) is 25.6. The molecular weight excluding hydrogens is 485 g/mol. The Morgan fingerprint density at radius 3 is 2.17 bits per heavy atom. The fourth-order valence-electron chi connectivity index (χ4n) is 4.43. The monoisotopic (exact) mass is 509 g/mol. The van der Waals surface area contributed by atoms with Crippen molar-refractivity contribution in [3.63, 3.8) is 0 Å². The molecule has 0 radical (unpaired) electrons. The zero-order valence-corrected chi connectivity index (χ0v) is 21.0. The van der Waals surface area contributed by atoms with Crippen LogP contribution in [0.5, 0.6) is 0 Å². The Morgan fingerprint density at radius 1 is 0.943 bits per heavy atom. The summed E-state index contributed by atoms with van der Waals surface area (Å²) in [6, 6.07) is 23.5. The number of hydrogen-bond acceptors (Lipinski definition) is 4. The maximum absolute atomic E-state index is 13.7. The molecule has 0 aromatic heterocycles. The number of ketones is 1. The van der Waals surface area contributed by atoms with Gasteiger partial charge in [-0.3, -0.25) is 9.59 Å². The van der Waals surface area contributed by atoms with E-state index in [1.54, 1.807) is 31.3 Å². The summed E-state index contributed by atoms with van der Waals surface area (Å²) < 4.78 is 4.96. The molecule has 180 valence electrons. The molecule has 0 fully saturated rings. The number of likely N-dealkylation sites (N-methyl/N-ethyl adjacent to an activating group) is 1. The zero-order valence-electron chi connectivity index (χ0n) is 19.5. The normalized spacial score (nSPS) is 16.1. The molecule has 1 aliphatic rings. The third-order valence-electron chi connectivity index (χ3n) is 6.10. The minimum Gasteiger partial charge on any atom is -0.466 e. The molecule has 1 aliphatic heterocycles. The molecule has 0 saturated heterocycles. The molecule has 3 aromatic carbocycles. The van der Waals surface area contributed by atoms with Gasteiger partial charge in [-0.1, -0.05) is 79.4 Å². The number of hydrogen-bond donors (Lipinski definition) is 0. The van der Waals surface area contributed by atoms with Gasteiger partial charge < -0.3 is 9.64 Å². The van der Waals surface area contributed by atoms with E-state index in [2.05, 4.69) is 6.58 Å². The van der Waals surface area contributed by atoms with Crippen LogP contribution in [0.15, 0.2) is 91.0 Å². The number of esters is 1. The van der Waals surface area contributed by atoms with Gasteiger partial charge in [0.2, 0.25) is 5.91 Å². The highest BCUT2D eigenvalue weighted by Crippen LogP contribution is 2.48. The van der Waals surface area contributed by atoms with Crippen molar-refractivity contribution in [1.82, 2.24) is 0 Å². The molecule has 1 atom stereocenters. The molecule has 3 aromatic rings. The lowest BCUT2D eigenvalue weighted by Crippen LogP contribution is -2.44. The Hall–Kier alpha value is -3.41. The van der Waals surface area contributed by atoms with Gasteiger partial charge in [0.05, 0.1) is 18.0 Å². The van der Waals surface area contributed by atoms with Crippen molar-refractivity contribution < 1.29 is 19.1 Å². The van der Waals surface area contributed by atoms with Gasteiger partial charge in [0.15, 0.2) is 5.78 Å². The number of benzene rings is 3. The van der Waals surface area contributed by atoms with Crippen molar-refractivity contribution in [2.75, 3.05) is 24.4 Å². The summed E-state index contributed by atoms with van der Waals surface area (Å²) in [5, 5.41) is 0.194. The van der Waals surface area contributed by atoms with E-state index >= 15 is 0 Å². The maximum Gasteiger partial charge on any atom is 0.334 e. The van der Waals surface area contributed by atoms with Crippen molar-refractivity contribution in [1.29, 1.82) is 0 Å². The predicted octanol–water partition coefficient (Wildman–Crippen LogP) is 5.53. The number of carbonyl (C=O) groups is 3. The quantitative estimate of drug-likeness (QED) is 0.190. The second-order valence-corrected chi connectivity index (χ2v) is 8.69. The van der Waals surface area contributed by atoms with Gasteiger partial charge in [-0.15, -0.1) is 23.2 Å². The predicted molar refractivity (Wildman–Crippen MR) is 139 cm³/mol. The molecular formula is C28H25Cl2NO4. The van der Waals surface area contributed by atoms with Crippen molar-refractivity contribution >= 4 is 46.5 Å². The Balaban J connectivity index is 0.00000108. The van der Waals surface area contributed by atoms with Gasteiger partial charge in [-0.05, 0) is 23.6 Å². The average Bonchev–Trinajstić information content (AvgIpc) is 3.11. The molecule has 5 nitrogen and oxygen atoms in total. The highest BCUT2D eigenvalue weighted by molar-refractivity contribution is 6.40. The molecule has 1 heterocycles. The number of alkyl halides is 2. The van der Waals surface area contributed by atoms with Crippen LogP contribution in [0.4, 0.5) is 5.69 Å². The second kappa shape index (κ2) is 11.3. The first kappa shape index (κ1) is 26.2. The minimum absolute atomic E-state index is 0.0452. The van der Waals surface area contributed by atoms with E-state index in [0.717, 1.165) is 0 Å². The van der Waals surface area contributed by atoms with E-state index in [0.29, 0.717) is 27.9 Å². The minimum atomic E-state index is -1.37. The first-order valence-corrected chi connectivity index (χ1v) is 11.8. The number of anilines is 1. The van der Waals surface area contributed by atoms with Crippen molar-refractivity contribution in [2.24, 2.45) is 0 Å². The molecule has 7 heteroatoms. The van der Waals surface area contributed by atoms with Crippen LogP contribution in [0.1, 0.15) is 27.0 Å². The lowest BCUT2D eigenvalue weighted by molar-refractivity contribution is -0.138. The van der Waals surface area contributed by atoms with E-state index in [-0.39, 0.29) is 29.0 Å². The molecule has 0 aliphatic carbocycles. The van der Waals surface area contributed by atoms with Gasteiger partial charge in [0.1, 0.15) is 5.41 Å². The number of halogens is 2. The molecule has 35 heavy (non-hydrogen) atoms. The third-order valence-corrected chi connectivity index (χ3v) is 6.10. The van der Waals surface area contributed by atoms with E-state index in [1.165, 1.54) is 12.0 Å². The summed E-state index contributed by atoms with van der Waals surface area (Å²) in [6.07, 6.45) is 0.107. The van der Waals surface area contributed by atoms with Crippen LogP contribution >= 0.6 is 23.2 Å². The highest BCUT2D eigenvalue weighted by atomic mass is 35.5. The Morgan fingerprint density at radius 2 is 1.51 bits per heavy atom. The smallest absolute Gasteiger partial charge is 0.334 e. The number of rotatable bonds is 6. The first-order chi connectivity index (χ1) is 16.8. The van der Waals surface area contributed by atoms with Crippen molar-refractivity contribution in [3.8, 4) is 0 Å². The number of amides is 1. The van der Waals surface area contributed by atoms with Crippen LogP contribution in [0.25, 0.3) is 0 Å². The lowest BCUT2D eigenvalue weighted by Gasteiger charge is -2.30. The second-order valence-electron chi connectivity index (χ2n) is 7.89. The van der Waals surface area contributed by atoms with Gasteiger partial charge in [0, 0.05) is 23.9 Å². The molecule has 1 amide bonds. The molecule has 0 N–H and O–H groups in total. The summed E-state index contributed by atoms with van der Waals surface area (Å²) in [5.41, 5.74) is 1.74. The SMILES string of the molecule is C=C(C(=O)OC)[C@]1(Cc2ccccc2C(=O)c2ccccc2)C(=O)N(C)c2ccccc21.ClCCl. The first-order valence-electron chi connectivity index (χ1n) is 10.8. The van der Waals surface area contributed by atoms with Crippen molar-refractivity contribution in [3.05, 3.63) is 113 Å². The lowest BCUT2D eigenvalue weighted by atomic mass is 9.70. The molecule has 0 saturated carbocycles. The standard InChI is InChI=1S/C27H23NO4.CH2Cl2/c1-18(25(30)32-3)27(22-15-9-10-16-23(22)28(2)26(27)31)17-20-13-7-8-14-21(20)24(29)19-11-5-4-6-12-19;2-1-3/h4-16H,1,17H2,2-3H3;1H2/t27-;/m0./s1. The number of methoxy groups -OCH3 is 1. The summed E-state index contributed by atoms with van der Waals surface area (Å²) >= 11 is 9.53. The fraction of sp³-hybridized carbons (Fsp3) is 0.179. The van der Waals surface area contributed by atoms with Crippen LogP contribution in [0.3, 0.4) is 0 Å². The number of fused-ring (bicyclic) bond motifs is 1. The third kappa shape index (κ3) is 4.88. The van der Waals surface area contributed by atoms with Crippen LogP contribution in [0, 0.1) is 0 Å². The topological polar surface area (TPSA) is 63.7 Å². The van der Waals surface area contributed by atoms with E-state index in [1.807, 2.05) is 54.6 Å². The van der Waals surface area contributed by atoms with Crippen LogP contribution in [-0.2, 0) is 26.2 Å². The van der Waals surface area contributed by atoms with Gasteiger partial charge in [-0.25, -0.2) is 4.79 Å². The number of carbonyl (C=O) groups excluding carboxylic acids is 3. The van der Waals surface area contributed by atoms with Gasteiger partial charge in [0.25, 0.3) is 0 Å². The van der Waals surface area contributed by atoms with Crippen molar-refractivity contribution in [2.45, 2.75) is 11.8 Å².